The Hall–Kier alpha value is -0.939. The molecule has 0 aromatic heterocycles. The number of alkyl halides is 12. The Balaban J connectivity index is -0.0000000789. The van der Waals surface area contributed by atoms with Crippen LogP contribution in [0.4, 0.5) is 52.7 Å². The number of halogens is 12. The first-order chi connectivity index (χ1) is 11.0. The molecule has 0 spiro atoms. The molecule has 0 N–H and O–H groups in total. The van der Waals surface area contributed by atoms with Crippen LogP contribution in [0.1, 0.15) is 0 Å². The number of aldehydes is 2. The first-order valence-electron chi connectivity index (χ1n) is 4.93. The summed E-state index contributed by atoms with van der Waals surface area (Å²) in [7, 11) is 0. The van der Waals surface area contributed by atoms with E-state index >= 15 is 0 Å². The summed E-state index contributed by atoms with van der Waals surface area (Å²) in [4.78, 5) is 17.4. The van der Waals surface area contributed by atoms with Crippen molar-refractivity contribution in [3.8, 4) is 0 Å². The van der Waals surface area contributed by atoms with E-state index in [9.17, 15) is 62.9 Å². The normalized spacial score (nSPS) is 10.8. The zero-order valence-corrected chi connectivity index (χ0v) is 15.9. The van der Waals surface area contributed by atoms with Crippen LogP contribution in [0.25, 0.3) is 0 Å². The third-order valence-electron chi connectivity index (χ3n) is 0.900. The molecule has 156 valence electrons. The molecule has 0 saturated carbocycles. The quantitative estimate of drug-likeness (QED) is 0.218. The van der Waals surface area contributed by atoms with Gasteiger partial charge in [0.2, 0.25) is 12.6 Å². The van der Waals surface area contributed by atoms with Gasteiger partial charge in [-0.15, -0.1) is 13.2 Å². The van der Waals surface area contributed by atoms with Crippen LogP contribution in [0, 0.1) is 0 Å². The van der Waals surface area contributed by atoms with Crippen LogP contribution in [0.5, 0.6) is 0 Å². The van der Waals surface area contributed by atoms with Crippen molar-refractivity contribution in [1.82, 2.24) is 0 Å². The second-order valence-corrected chi connectivity index (χ2v) is 3.16. The van der Waals surface area contributed by atoms with E-state index in [1.807, 2.05) is 0 Å². The van der Waals surface area contributed by atoms with Gasteiger partial charge in [-0.2, -0.15) is 52.7 Å². The summed E-state index contributed by atoms with van der Waals surface area (Å²) >= 11 is 0. The topological polar surface area (TPSA) is 80.3 Å². The third-order valence-corrected chi connectivity index (χ3v) is 0.900. The van der Waals surface area contributed by atoms with Crippen molar-refractivity contribution in [2.24, 2.45) is 0 Å². The van der Waals surface area contributed by atoms with Gasteiger partial charge in [0.05, 0.1) is 0 Å². The van der Waals surface area contributed by atoms with Crippen LogP contribution in [0.15, 0.2) is 24.7 Å². The summed E-state index contributed by atoms with van der Waals surface area (Å²) in [6.07, 6.45) is -20.9. The maximum absolute atomic E-state index is 10.8. The SMILES string of the molecule is C=C([O-])C(F)(F)F.C=C([O-])C(F)(F)F.O=CC(F)(F)F.O=CC(F)(F)F.[Sr+2]. The summed E-state index contributed by atoms with van der Waals surface area (Å²) in [6, 6.07) is 0. The number of carbonyl (C=O) groups excluding carboxylic acids is 2. The summed E-state index contributed by atoms with van der Waals surface area (Å²) in [6.45, 7) is 4.29. The first-order valence-corrected chi connectivity index (χ1v) is 4.93. The van der Waals surface area contributed by atoms with Crippen molar-refractivity contribution in [3.05, 3.63) is 24.7 Å². The molecular weight excluding hydrogens is 500 g/mol. The number of hydrogen-bond donors (Lipinski definition) is 0. The van der Waals surface area contributed by atoms with Crippen molar-refractivity contribution in [1.29, 1.82) is 0 Å². The van der Waals surface area contributed by atoms with Crippen molar-refractivity contribution >= 4 is 58.1 Å². The molecule has 4 nitrogen and oxygen atoms in total. The summed E-state index contributed by atoms with van der Waals surface area (Å²) in [5, 5.41) is 18.5. The van der Waals surface area contributed by atoms with E-state index < -0.39 is 48.8 Å². The van der Waals surface area contributed by atoms with Gasteiger partial charge in [-0.05, 0) is 11.5 Å². The van der Waals surface area contributed by atoms with Crippen LogP contribution >= 0.6 is 0 Å². The molecule has 0 aromatic carbocycles. The summed E-state index contributed by atoms with van der Waals surface area (Å²) < 4.78 is 127. The van der Waals surface area contributed by atoms with E-state index in [2.05, 4.69) is 13.2 Å². The van der Waals surface area contributed by atoms with E-state index in [1.54, 1.807) is 0 Å². The van der Waals surface area contributed by atoms with Gasteiger partial charge in [0, 0.05) is 0 Å². The molecule has 0 aromatic rings. The van der Waals surface area contributed by atoms with Gasteiger partial charge >= 0.3 is 70.2 Å². The average Bonchev–Trinajstić information content (AvgIpc) is 2.37. The zero-order valence-electron chi connectivity index (χ0n) is 12.4. The number of carbonyl (C=O) groups is 2. The minimum absolute atomic E-state index is 0. The molecule has 0 unspecified atom stereocenters. The van der Waals surface area contributed by atoms with Crippen LogP contribution in [0.2, 0.25) is 0 Å². The Kier molecular flexibility index (Phi) is 20.6. The predicted molar refractivity (Wildman–Crippen MR) is 60.4 cm³/mol. The maximum Gasteiger partial charge on any atom is 2.00 e. The number of allylic oxidation sites excluding steroid dienone is 2. The Labute approximate surface area is 179 Å². The minimum Gasteiger partial charge on any atom is -0.870 e. The monoisotopic (exact) mass is 506 g/mol. The molecule has 0 aliphatic carbocycles. The molecule has 0 aliphatic heterocycles. The zero-order chi connectivity index (χ0) is 22.6. The molecule has 0 heterocycles. The van der Waals surface area contributed by atoms with Gasteiger partial charge in [0.25, 0.3) is 0 Å². The van der Waals surface area contributed by atoms with Gasteiger partial charge in [-0.25, -0.2) is 0 Å². The minimum atomic E-state index is -4.75. The number of rotatable bonds is 0. The molecule has 17 heteroatoms. The van der Waals surface area contributed by atoms with Crippen molar-refractivity contribution in [2.75, 3.05) is 0 Å². The molecule has 0 aliphatic rings. The smallest absolute Gasteiger partial charge is 0.870 e. The van der Waals surface area contributed by atoms with Gasteiger partial charge in [0.1, 0.15) is 0 Å². The van der Waals surface area contributed by atoms with E-state index in [-0.39, 0.29) is 45.5 Å². The molecule has 0 radical (unpaired) electrons. The Morgan fingerprint density at radius 1 is 0.593 bits per heavy atom. The van der Waals surface area contributed by atoms with Crippen LogP contribution in [0.3, 0.4) is 0 Å². The fourth-order valence-corrected chi connectivity index (χ4v) is 0. The molecule has 0 amide bonds. The maximum atomic E-state index is 10.8. The number of hydrogen-bond acceptors (Lipinski definition) is 4. The van der Waals surface area contributed by atoms with Crippen molar-refractivity contribution < 1.29 is 72.5 Å². The average molecular weight is 506 g/mol. The molecule has 0 saturated heterocycles. The molecule has 0 fully saturated rings. The first kappa shape index (κ1) is 36.9. The van der Waals surface area contributed by atoms with E-state index in [1.165, 1.54) is 0 Å². The predicted octanol–water partition coefficient (Wildman–Crippen LogP) is 1.96. The summed E-state index contributed by atoms with van der Waals surface area (Å²) in [5.41, 5.74) is 0. The second kappa shape index (κ2) is 15.0. The molecule has 0 atom stereocenters. The van der Waals surface area contributed by atoms with Crippen molar-refractivity contribution in [2.45, 2.75) is 24.7 Å². The molecular formula is C10H6F12O4Sr. The second-order valence-electron chi connectivity index (χ2n) is 3.16. The van der Waals surface area contributed by atoms with Crippen LogP contribution < -0.4 is 10.2 Å². The van der Waals surface area contributed by atoms with Gasteiger partial charge in [-0.3, -0.25) is 9.59 Å². The van der Waals surface area contributed by atoms with Crippen molar-refractivity contribution in [3.63, 3.8) is 0 Å². The Morgan fingerprint density at radius 2 is 0.667 bits per heavy atom. The fourth-order valence-electron chi connectivity index (χ4n) is 0. The molecule has 0 rings (SSSR count). The summed E-state index contributed by atoms with van der Waals surface area (Å²) in [5.74, 6) is -4.01. The van der Waals surface area contributed by atoms with Gasteiger partial charge in [0.15, 0.2) is 0 Å². The standard InChI is InChI=1S/2C3H3F3O.2C2HF3O.Sr/c2*1-2(7)3(4,5)6;2*3-2(4,5)1-6;/h2*7H,1H2;2*1H;/q;;;;+2/p-2. The third kappa shape index (κ3) is 45.8. The fraction of sp³-hybridized carbons (Fsp3) is 0.400. The largest absolute Gasteiger partial charge is 2.00 e. The van der Waals surface area contributed by atoms with Crippen LogP contribution in [-0.2, 0) is 9.59 Å². The molecule has 27 heavy (non-hydrogen) atoms. The van der Waals surface area contributed by atoms with Crippen LogP contribution in [-0.4, -0.2) is 82.8 Å². The Bertz CT molecular complexity index is 405. The Morgan fingerprint density at radius 3 is 0.667 bits per heavy atom. The van der Waals surface area contributed by atoms with Gasteiger partial charge in [-0.1, -0.05) is 0 Å². The van der Waals surface area contributed by atoms with E-state index in [0.717, 1.165) is 0 Å². The van der Waals surface area contributed by atoms with E-state index in [0.29, 0.717) is 0 Å². The van der Waals surface area contributed by atoms with Gasteiger partial charge < -0.3 is 10.2 Å². The molecule has 0 bridgehead atoms. The van der Waals surface area contributed by atoms with E-state index in [4.69, 9.17) is 9.59 Å².